The zero-order valence-electron chi connectivity index (χ0n) is 13.3. The molecule has 1 heterocycles. The number of ether oxygens (including phenoxy) is 1. The van der Waals surface area contributed by atoms with Crippen molar-refractivity contribution in [2.75, 3.05) is 38.7 Å². The van der Waals surface area contributed by atoms with Crippen LogP contribution in [0.25, 0.3) is 0 Å². The van der Waals surface area contributed by atoms with Gasteiger partial charge < -0.3 is 20.3 Å². The zero-order chi connectivity index (χ0) is 16.3. The molecule has 0 aliphatic carbocycles. The second kappa shape index (κ2) is 6.79. The minimum atomic E-state index is -0.346. The van der Waals surface area contributed by atoms with E-state index >= 15 is 0 Å². The Bertz CT molecular complexity index is 538. The van der Waals surface area contributed by atoms with E-state index in [4.69, 9.17) is 5.73 Å². The molecule has 0 spiro atoms. The lowest BCUT2D eigenvalue weighted by Gasteiger charge is -2.38. The number of nitrogens with zero attached hydrogens (tertiary/aromatic N) is 2. The molecule has 120 valence electrons. The number of nitrogens with two attached hydrogens (primary N) is 1. The number of methoxy groups -OCH3 is 1. The number of rotatable bonds is 5. The normalized spacial score (nSPS) is 15.9. The van der Waals surface area contributed by atoms with E-state index in [-0.39, 0.29) is 23.8 Å². The third kappa shape index (κ3) is 3.57. The van der Waals surface area contributed by atoms with Crippen molar-refractivity contribution in [3.05, 3.63) is 29.8 Å². The van der Waals surface area contributed by atoms with Crippen LogP contribution >= 0.6 is 0 Å². The maximum absolute atomic E-state index is 12.3. The second-order valence-electron chi connectivity index (χ2n) is 5.82. The van der Waals surface area contributed by atoms with Crippen molar-refractivity contribution < 1.29 is 14.3 Å². The van der Waals surface area contributed by atoms with Crippen LogP contribution in [0.1, 0.15) is 17.3 Å². The summed E-state index contributed by atoms with van der Waals surface area (Å²) in [6.07, 6.45) is 0. The number of esters is 1. The van der Waals surface area contributed by atoms with E-state index in [1.165, 1.54) is 12.0 Å². The van der Waals surface area contributed by atoms with E-state index in [2.05, 4.69) is 9.64 Å². The lowest BCUT2D eigenvalue weighted by Crippen LogP contribution is -2.55. The SMILES string of the molecule is COC(=O)C(C)CN(C)C(=O)c1ccc(N2CC(N)C2)cc1. The molecule has 1 aliphatic heterocycles. The quantitative estimate of drug-likeness (QED) is 0.811. The van der Waals surface area contributed by atoms with Gasteiger partial charge in [-0.25, -0.2) is 0 Å². The van der Waals surface area contributed by atoms with Crippen molar-refractivity contribution in [1.82, 2.24) is 4.90 Å². The van der Waals surface area contributed by atoms with Crippen LogP contribution in [0.3, 0.4) is 0 Å². The maximum atomic E-state index is 12.3. The first-order valence-corrected chi connectivity index (χ1v) is 7.36. The van der Waals surface area contributed by atoms with Crippen molar-refractivity contribution >= 4 is 17.6 Å². The molecular weight excluding hydrogens is 282 g/mol. The molecule has 1 unspecified atom stereocenters. The molecule has 1 fully saturated rings. The molecular formula is C16H23N3O3. The Morgan fingerprint density at radius 1 is 1.36 bits per heavy atom. The number of carbonyl (C=O) groups is 2. The highest BCUT2D eigenvalue weighted by molar-refractivity contribution is 5.94. The highest BCUT2D eigenvalue weighted by atomic mass is 16.5. The predicted molar refractivity (Wildman–Crippen MR) is 84.8 cm³/mol. The molecule has 1 aromatic rings. The zero-order valence-corrected chi connectivity index (χ0v) is 13.3. The van der Waals surface area contributed by atoms with Crippen LogP contribution in [-0.2, 0) is 9.53 Å². The van der Waals surface area contributed by atoms with Crippen LogP contribution < -0.4 is 10.6 Å². The molecule has 0 radical (unpaired) electrons. The van der Waals surface area contributed by atoms with Crippen molar-refractivity contribution in [3.8, 4) is 0 Å². The summed E-state index contributed by atoms with van der Waals surface area (Å²) in [6.45, 7) is 3.77. The number of hydrogen-bond acceptors (Lipinski definition) is 5. The molecule has 6 nitrogen and oxygen atoms in total. The monoisotopic (exact) mass is 305 g/mol. The number of carbonyl (C=O) groups excluding carboxylic acids is 2. The van der Waals surface area contributed by atoms with E-state index in [0.29, 0.717) is 12.1 Å². The van der Waals surface area contributed by atoms with Gasteiger partial charge in [-0.3, -0.25) is 9.59 Å². The summed E-state index contributed by atoms with van der Waals surface area (Å²) in [5.74, 6) is -0.771. The molecule has 0 saturated carbocycles. The highest BCUT2D eigenvalue weighted by Crippen LogP contribution is 2.21. The highest BCUT2D eigenvalue weighted by Gasteiger charge is 2.24. The third-order valence-corrected chi connectivity index (χ3v) is 3.89. The first kappa shape index (κ1) is 16.3. The van der Waals surface area contributed by atoms with E-state index in [1.54, 1.807) is 26.1 Å². The summed E-state index contributed by atoms with van der Waals surface area (Å²) in [5.41, 5.74) is 7.44. The van der Waals surface area contributed by atoms with Gasteiger partial charge in [0.25, 0.3) is 5.91 Å². The average Bonchev–Trinajstić information content (AvgIpc) is 2.50. The number of anilines is 1. The molecule has 1 atom stereocenters. The predicted octanol–water partition coefficient (Wildman–Crippen LogP) is 0.715. The number of hydrogen-bond donors (Lipinski definition) is 1. The fourth-order valence-electron chi connectivity index (χ4n) is 2.53. The van der Waals surface area contributed by atoms with Gasteiger partial charge in [-0.05, 0) is 24.3 Å². The summed E-state index contributed by atoms with van der Waals surface area (Å²) < 4.78 is 4.68. The van der Waals surface area contributed by atoms with Crippen LogP contribution in [0.15, 0.2) is 24.3 Å². The van der Waals surface area contributed by atoms with Gasteiger partial charge in [0.05, 0.1) is 13.0 Å². The average molecular weight is 305 g/mol. The van der Waals surface area contributed by atoms with Crippen molar-refractivity contribution in [2.24, 2.45) is 11.7 Å². The number of amides is 1. The largest absolute Gasteiger partial charge is 0.469 e. The van der Waals surface area contributed by atoms with Crippen LogP contribution in [-0.4, -0.2) is 56.6 Å². The smallest absolute Gasteiger partial charge is 0.310 e. The van der Waals surface area contributed by atoms with E-state index in [0.717, 1.165) is 18.8 Å². The Balaban J connectivity index is 1.95. The molecule has 0 bridgehead atoms. The minimum Gasteiger partial charge on any atom is -0.469 e. The second-order valence-corrected chi connectivity index (χ2v) is 5.82. The molecule has 2 N–H and O–H groups in total. The van der Waals surface area contributed by atoms with Crippen LogP contribution in [0.5, 0.6) is 0 Å². The molecule has 1 amide bonds. The minimum absolute atomic E-state index is 0.109. The van der Waals surface area contributed by atoms with Gasteiger partial charge in [-0.1, -0.05) is 6.92 Å². The molecule has 1 aromatic carbocycles. The Labute approximate surface area is 130 Å². The van der Waals surface area contributed by atoms with Crippen LogP contribution in [0, 0.1) is 5.92 Å². The van der Waals surface area contributed by atoms with Gasteiger partial charge >= 0.3 is 5.97 Å². The molecule has 1 aliphatic rings. The lowest BCUT2D eigenvalue weighted by atomic mass is 10.1. The summed E-state index contributed by atoms with van der Waals surface area (Å²) >= 11 is 0. The lowest BCUT2D eigenvalue weighted by molar-refractivity contribution is -0.145. The molecule has 0 aromatic heterocycles. The number of benzene rings is 1. The Hall–Kier alpha value is -2.08. The fraction of sp³-hybridized carbons (Fsp3) is 0.500. The Kier molecular flexibility index (Phi) is 5.03. The Morgan fingerprint density at radius 3 is 2.45 bits per heavy atom. The van der Waals surface area contributed by atoms with Crippen LogP contribution in [0.2, 0.25) is 0 Å². The van der Waals surface area contributed by atoms with Gasteiger partial charge in [-0.2, -0.15) is 0 Å². The topological polar surface area (TPSA) is 75.9 Å². The molecule has 2 rings (SSSR count). The molecule has 22 heavy (non-hydrogen) atoms. The maximum Gasteiger partial charge on any atom is 0.310 e. The van der Waals surface area contributed by atoms with Crippen molar-refractivity contribution in [1.29, 1.82) is 0 Å². The van der Waals surface area contributed by atoms with Gasteiger partial charge in [0.15, 0.2) is 0 Å². The van der Waals surface area contributed by atoms with Crippen LogP contribution in [0.4, 0.5) is 5.69 Å². The first-order chi connectivity index (χ1) is 10.4. The summed E-state index contributed by atoms with van der Waals surface area (Å²) in [5, 5.41) is 0. The molecule has 6 heteroatoms. The van der Waals surface area contributed by atoms with E-state index in [1.807, 2.05) is 12.1 Å². The summed E-state index contributed by atoms with van der Waals surface area (Å²) in [6, 6.07) is 7.71. The van der Waals surface area contributed by atoms with Gasteiger partial charge in [0, 0.05) is 44.0 Å². The standard InChI is InChI=1S/C16H23N3O3/c1-11(16(21)22-3)8-18(2)15(20)12-4-6-14(7-5-12)19-9-13(17)10-19/h4-7,11,13H,8-10,17H2,1-3H3. The van der Waals surface area contributed by atoms with Crippen molar-refractivity contribution in [2.45, 2.75) is 13.0 Å². The van der Waals surface area contributed by atoms with E-state index in [9.17, 15) is 9.59 Å². The van der Waals surface area contributed by atoms with Gasteiger partial charge in [-0.15, -0.1) is 0 Å². The summed E-state index contributed by atoms with van der Waals surface area (Å²) in [4.78, 5) is 27.5. The third-order valence-electron chi connectivity index (χ3n) is 3.89. The van der Waals surface area contributed by atoms with Gasteiger partial charge in [0.1, 0.15) is 0 Å². The Morgan fingerprint density at radius 2 is 1.95 bits per heavy atom. The van der Waals surface area contributed by atoms with Crippen molar-refractivity contribution in [3.63, 3.8) is 0 Å². The molecule has 1 saturated heterocycles. The van der Waals surface area contributed by atoms with Gasteiger partial charge in [0.2, 0.25) is 0 Å². The summed E-state index contributed by atoms with van der Waals surface area (Å²) in [7, 11) is 3.03. The van der Waals surface area contributed by atoms with E-state index < -0.39 is 0 Å². The fourth-order valence-corrected chi connectivity index (χ4v) is 2.53. The first-order valence-electron chi connectivity index (χ1n) is 7.36.